The van der Waals surface area contributed by atoms with Crippen LogP contribution >= 0.6 is 0 Å². The van der Waals surface area contributed by atoms with Crippen molar-refractivity contribution in [3.05, 3.63) is 24.3 Å². The van der Waals surface area contributed by atoms with Crippen LogP contribution in [0, 0.1) is 45.3 Å². The average molecular weight is 441 g/mol. The molecule has 2 nitrogen and oxygen atoms in total. The number of hydrogen-bond acceptors (Lipinski definition) is 2. The number of carbonyl (C=O) groups is 1. The van der Waals surface area contributed by atoms with Gasteiger partial charge < -0.3 is 5.11 Å². The lowest BCUT2D eigenvalue weighted by atomic mass is 9.35. The maximum Gasteiger partial charge on any atom is 0.138 e. The second kappa shape index (κ2) is 7.56. The molecule has 0 amide bonds. The molecular formula is C30H48O2. The number of allylic oxidation sites excluding steroid dienone is 2. The molecule has 0 spiro atoms. The fourth-order valence-corrected chi connectivity index (χ4v) is 9.68. The zero-order valence-corrected chi connectivity index (χ0v) is 21.9. The van der Waals surface area contributed by atoms with E-state index in [1.807, 2.05) is 19.9 Å². The number of carbonyl (C=O) groups excluding carboxylic acids is 1. The van der Waals surface area contributed by atoms with Gasteiger partial charge in [-0.2, -0.15) is 0 Å². The molecule has 1 N–H and O–H groups in total. The summed E-state index contributed by atoms with van der Waals surface area (Å²) in [5.74, 6) is 3.10. The molecule has 4 fully saturated rings. The zero-order chi connectivity index (χ0) is 23.7. The van der Waals surface area contributed by atoms with Crippen LogP contribution in [-0.4, -0.2) is 16.5 Å². The Kier molecular flexibility index (Phi) is 5.72. The van der Waals surface area contributed by atoms with Crippen LogP contribution in [0.1, 0.15) is 106 Å². The van der Waals surface area contributed by atoms with Crippen LogP contribution in [0.5, 0.6) is 0 Å². The minimum absolute atomic E-state index is 0.161. The van der Waals surface area contributed by atoms with Crippen molar-refractivity contribution in [1.29, 1.82) is 0 Å². The minimum Gasteiger partial charge on any atom is -0.386 e. The van der Waals surface area contributed by atoms with Crippen molar-refractivity contribution in [2.75, 3.05) is 0 Å². The van der Waals surface area contributed by atoms with Crippen LogP contribution < -0.4 is 0 Å². The Morgan fingerprint density at radius 1 is 1.00 bits per heavy atom. The summed E-state index contributed by atoms with van der Waals surface area (Å²) in [6.45, 7) is 20.5. The van der Waals surface area contributed by atoms with Gasteiger partial charge in [-0.3, -0.25) is 4.79 Å². The van der Waals surface area contributed by atoms with Crippen LogP contribution in [-0.2, 0) is 4.79 Å². The first kappa shape index (κ1) is 24.2. The van der Waals surface area contributed by atoms with Gasteiger partial charge in [-0.25, -0.2) is 0 Å². The highest BCUT2D eigenvalue weighted by Gasteiger charge is 2.68. The van der Waals surface area contributed by atoms with Gasteiger partial charge in [0, 0.05) is 11.8 Å². The molecule has 0 heterocycles. The number of rotatable bonds is 4. The lowest BCUT2D eigenvalue weighted by Crippen LogP contribution is -2.63. The van der Waals surface area contributed by atoms with E-state index in [1.165, 1.54) is 44.1 Å². The summed E-state index contributed by atoms with van der Waals surface area (Å²) in [6.07, 6.45) is 14.5. The molecule has 4 saturated carbocycles. The van der Waals surface area contributed by atoms with E-state index in [4.69, 9.17) is 0 Å². The Labute approximate surface area is 197 Å². The van der Waals surface area contributed by atoms with Gasteiger partial charge in [0.15, 0.2) is 0 Å². The molecule has 4 rings (SSSR count). The summed E-state index contributed by atoms with van der Waals surface area (Å²) in [7, 11) is 0. The van der Waals surface area contributed by atoms with E-state index < -0.39 is 5.60 Å². The molecule has 7 atom stereocenters. The third-order valence-corrected chi connectivity index (χ3v) is 11.6. The maximum atomic E-state index is 12.8. The molecule has 0 bridgehead atoms. The molecule has 0 aromatic rings. The van der Waals surface area contributed by atoms with Crippen LogP contribution in [0.4, 0.5) is 0 Å². The summed E-state index contributed by atoms with van der Waals surface area (Å²) in [5.41, 5.74) is 1.47. The largest absolute Gasteiger partial charge is 0.386 e. The summed E-state index contributed by atoms with van der Waals surface area (Å²) in [6, 6.07) is 0. The van der Waals surface area contributed by atoms with E-state index in [0.717, 1.165) is 31.1 Å². The molecule has 180 valence electrons. The van der Waals surface area contributed by atoms with Crippen molar-refractivity contribution in [2.24, 2.45) is 45.3 Å². The first-order valence-electron chi connectivity index (χ1n) is 13.3. The Morgan fingerprint density at radius 3 is 2.31 bits per heavy atom. The standard InChI is InChI=1S/C30H48O2/c1-20(10-9-16-26(2,3)32)21-13-18-29(7)22(21)11-12-24-28(6)17-15-25(31)27(4,5)23(28)14-19-30(24,29)8/h9,16,21-24,32H,1,10-15,17-19H2,2-8H3/b16-9+/t21-,22-,23+,24-,28+,29-,30-/m1/s1. The number of hydrogen-bond donors (Lipinski definition) is 1. The molecule has 0 saturated heterocycles. The minimum atomic E-state index is -0.751. The van der Waals surface area contributed by atoms with Crippen molar-refractivity contribution < 1.29 is 9.90 Å². The Hall–Kier alpha value is -0.890. The number of aliphatic hydroxyl groups is 1. The molecule has 2 heteroatoms. The highest BCUT2D eigenvalue weighted by atomic mass is 16.3. The highest BCUT2D eigenvalue weighted by molar-refractivity contribution is 5.85. The molecule has 0 radical (unpaired) electrons. The van der Waals surface area contributed by atoms with Crippen LogP contribution in [0.15, 0.2) is 24.3 Å². The Balaban J connectivity index is 1.59. The van der Waals surface area contributed by atoms with Gasteiger partial charge in [0.05, 0.1) is 5.60 Å². The number of fused-ring (bicyclic) bond motifs is 5. The summed E-state index contributed by atoms with van der Waals surface area (Å²) in [4.78, 5) is 12.8. The fourth-order valence-electron chi connectivity index (χ4n) is 9.68. The molecule has 0 aliphatic heterocycles. The van der Waals surface area contributed by atoms with Crippen LogP contribution in [0.3, 0.4) is 0 Å². The van der Waals surface area contributed by atoms with Gasteiger partial charge in [-0.15, -0.1) is 0 Å². The van der Waals surface area contributed by atoms with Gasteiger partial charge in [0.25, 0.3) is 0 Å². The highest BCUT2D eigenvalue weighted by Crippen LogP contribution is 2.75. The molecule has 4 aliphatic rings. The predicted octanol–water partition coefficient (Wildman–Crippen LogP) is 7.51. The second-order valence-corrected chi connectivity index (χ2v) is 13.9. The Morgan fingerprint density at radius 2 is 1.66 bits per heavy atom. The number of ketones is 1. The summed E-state index contributed by atoms with van der Waals surface area (Å²) >= 11 is 0. The second-order valence-electron chi connectivity index (χ2n) is 13.9. The third-order valence-electron chi connectivity index (χ3n) is 11.6. The van der Waals surface area contributed by atoms with E-state index in [0.29, 0.717) is 33.9 Å². The van der Waals surface area contributed by atoms with E-state index in [1.54, 1.807) is 0 Å². The first-order valence-corrected chi connectivity index (χ1v) is 13.3. The van der Waals surface area contributed by atoms with Gasteiger partial charge in [-0.1, -0.05) is 58.9 Å². The smallest absolute Gasteiger partial charge is 0.138 e. The average Bonchev–Trinajstić information content (AvgIpc) is 3.03. The molecule has 32 heavy (non-hydrogen) atoms. The molecule has 0 aromatic heterocycles. The van der Waals surface area contributed by atoms with Crippen molar-refractivity contribution >= 4 is 5.78 Å². The van der Waals surface area contributed by atoms with E-state index in [2.05, 4.69) is 47.3 Å². The van der Waals surface area contributed by atoms with Gasteiger partial charge in [-0.05, 0) is 105 Å². The molecule has 0 aromatic carbocycles. The summed E-state index contributed by atoms with van der Waals surface area (Å²) < 4.78 is 0. The number of Topliss-reactive ketones (excluding diaryl/α,β-unsaturated/α-hetero) is 1. The van der Waals surface area contributed by atoms with Crippen molar-refractivity contribution in [1.82, 2.24) is 0 Å². The van der Waals surface area contributed by atoms with Crippen molar-refractivity contribution in [2.45, 2.75) is 112 Å². The van der Waals surface area contributed by atoms with E-state index in [-0.39, 0.29) is 5.41 Å². The van der Waals surface area contributed by atoms with Crippen LogP contribution in [0.25, 0.3) is 0 Å². The summed E-state index contributed by atoms with van der Waals surface area (Å²) in [5, 5.41) is 10.0. The van der Waals surface area contributed by atoms with Gasteiger partial charge >= 0.3 is 0 Å². The Bertz CT molecular complexity index is 813. The first-order chi connectivity index (χ1) is 14.7. The normalized spacial score (nSPS) is 45.9. The quantitative estimate of drug-likeness (QED) is 0.459. The van der Waals surface area contributed by atoms with E-state index in [9.17, 15) is 9.90 Å². The van der Waals surface area contributed by atoms with E-state index >= 15 is 0 Å². The zero-order valence-electron chi connectivity index (χ0n) is 21.9. The topological polar surface area (TPSA) is 37.3 Å². The molecule has 4 aliphatic carbocycles. The molecule has 0 unspecified atom stereocenters. The fraction of sp³-hybridized carbons (Fsp3) is 0.833. The lowest BCUT2D eigenvalue weighted by Gasteiger charge is -2.69. The third kappa shape index (κ3) is 3.41. The van der Waals surface area contributed by atoms with Crippen LogP contribution in [0.2, 0.25) is 0 Å². The van der Waals surface area contributed by atoms with Crippen molar-refractivity contribution in [3.8, 4) is 0 Å². The lowest BCUT2D eigenvalue weighted by molar-refractivity contribution is -0.201. The van der Waals surface area contributed by atoms with Gasteiger partial charge in [0.1, 0.15) is 5.78 Å². The maximum absolute atomic E-state index is 12.8. The SMILES string of the molecule is C=C(C/C=C/C(C)(C)O)[C@H]1CC[C@]2(C)[C@@H]1CC[C@@H]1[C@@]3(C)CCC(=O)C(C)(C)[C@@H]3CC[C@]12C. The van der Waals surface area contributed by atoms with Gasteiger partial charge in [0.2, 0.25) is 0 Å². The molecular weight excluding hydrogens is 392 g/mol. The monoisotopic (exact) mass is 440 g/mol. The van der Waals surface area contributed by atoms with Crippen molar-refractivity contribution in [3.63, 3.8) is 0 Å². The predicted molar refractivity (Wildman–Crippen MR) is 133 cm³/mol.